The molecule has 290 valence electrons. The third kappa shape index (κ3) is 11.1. The van der Waals surface area contributed by atoms with Gasteiger partial charge in [0.05, 0.1) is 34.3 Å². The molecule has 3 aromatic carbocycles. The van der Waals surface area contributed by atoms with Gasteiger partial charge < -0.3 is 20.4 Å². The fraction of sp³-hybridized carbons (Fsp3) is 0.421. The van der Waals surface area contributed by atoms with Gasteiger partial charge in [-0.1, -0.05) is 65.7 Å². The number of carbonyl (C=O) groups is 4. The third-order valence-electron chi connectivity index (χ3n) is 9.64. The molecule has 0 radical (unpaired) electrons. The van der Waals surface area contributed by atoms with Crippen molar-refractivity contribution < 1.29 is 45.5 Å². The summed E-state index contributed by atoms with van der Waals surface area (Å²) in [7, 11) is 0. The fourth-order valence-electron chi connectivity index (χ4n) is 6.79. The van der Waals surface area contributed by atoms with E-state index in [0.29, 0.717) is 36.8 Å². The van der Waals surface area contributed by atoms with Gasteiger partial charge in [0.1, 0.15) is 6.04 Å². The van der Waals surface area contributed by atoms with Gasteiger partial charge in [0.15, 0.2) is 0 Å². The molecule has 0 unspecified atom stereocenters. The number of alkyl halides is 6. The van der Waals surface area contributed by atoms with Crippen molar-refractivity contribution in [1.29, 1.82) is 0 Å². The molecule has 16 heteroatoms. The SMILES string of the molecule is O=C1CN(CCc2cccc(C(F)(F)F)c2)C(=O)[C@@H](Cc2ccc(Cl)c(Cl)c2)NC(=O)CN(CCc2cccc(C(F)(F)F)c2)C(=O)C2CCC(CC2)N1. The first-order chi connectivity index (χ1) is 25.5. The number of hydrogen-bond acceptors (Lipinski definition) is 4. The molecule has 8 nitrogen and oxygen atoms in total. The predicted octanol–water partition coefficient (Wildman–Crippen LogP) is 6.89. The molecule has 0 spiro atoms. The molecule has 6 rings (SSSR count). The molecule has 3 aromatic rings. The van der Waals surface area contributed by atoms with Gasteiger partial charge in [0.25, 0.3) is 0 Å². The van der Waals surface area contributed by atoms with Crippen LogP contribution in [0.1, 0.15) is 53.5 Å². The van der Waals surface area contributed by atoms with Gasteiger partial charge >= 0.3 is 12.4 Å². The molecule has 0 aromatic heterocycles. The number of amides is 4. The summed E-state index contributed by atoms with van der Waals surface area (Å²) in [5.41, 5.74) is -0.646. The van der Waals surface area contributed by atoms with Gasteiger partial charge in [-0.3, -0.25) is 19.2 Å². The lowest BCUT2D eigenvalue weighted by Crippen LogP contribution is -2.54. The summed E-state index contributed by atoms with van der Waals surface area (Å²) < 4.78 is 80.6. The Morgan fingerprint density at radius 3 is 1.65 bits per heavy atom. The van der Waals surface area contributed by atoms with Crippen LogP contribution in [0.4, 0.5) is 26.3 Å². The molecule has 2 aliphatic heterocycles. The third-order valence-corrected chi connectivity index (χ3v) is 10.4. The Morgan fingerprint density at radius 1 is 0.611 bits per heavy atom. The smallest absolute Gasteiger partial charge is 0.352 e. The van der Waals surface area contributed by atoms with E-state index in [1.54, 1.807) is 6.07 Å². The van der Waals surface area contributed by atoms with Gasteiger partial charge in [-0.2, -0.15) is 26.3 Å². The van der Waals surface area contributed by atoms with Crippen LogP contribution in [-0.4, -0.2) is 71.7 Å². The maximum atomic E-state index is 14.3. The molecule has 54 heavy (non-hydrogen) atoms. The monoisotopic (exact) mass is 798 g/mol. The summed E-state index contributed by atoms with van der Waals surface area (Å²) in [4.78, 5) is 57.8. The van der Waals surface area contributed by atoms with Crippen LogP contribution in [0.2, 0.25) is 10.0 Å². The van der Waals surface area contributed by atoms with Gasteiger partial charge in [-0.25, -0.2) is 0 Å². The minimum Gasteiger partial charge on any atom is -0.352 e. The maximum absolute atomic E-state index is 14.3. The molecule has 2 bridgehead atoms. The molecule has 2 N–H and O–H groups in total. The van der Waals surface area contributed by atoms with E-state index in [0.717, 1.165) is 24.3 Å². The highest BCUT2D eigenvalue weighted by Crippen LogP contribution is 2.31. The summed E-state index contributed by atoms with van der Waals surface area (Å²) >= 11 is 12.3. The molecule has 1 aliphatic carbocycles. The Balaban J connectivity index is 1.44. The normalized spacial score (nSPS) is 20.7. The zero-order valence-corrected chi connectivity index (χ0v) is 30.4. The number of hydrogen-bond donors (Lipinski definition) is 2. The van der Waals surface area contributed by atoms with Crippen LogP contribution in [0.15, 0.2) is 66.7 Å². The van der Waals surface area contributed by atoms with Gasteiger partial charge in [0, 0.05) is 31.5 Å². The number of fused-ring (bicyclic) bond motifs is 12. The van der Waals surface area contributed by atoms with Crippen molar-refractivity contribution in [3.05, 3.63) is 105 Å². The Bertz CT molecular complexity index is 1850. The maximum Gasteiger partial charge on any atom is 0.416 e. The quantitative estimate of drug-likeness (QED) is 0.192. The largest absolute Gasteiger partial charge is 0.416 e. The van der Waals surface area contributed by atoms with Crippen molar-refractivity contribution in [2.75, 3.05) is 26.2 Å². The predicted molar refractivity (Wildman–Crippen MR) is 189 cm³/mol. The van der Waals surface area contributed by atoms with Crippen LogP contribution in [-0.2, 0) is 50.8 Å². The van der Waals surface area contributed by atoms with E-state index in [-0.39, 0.29) is 59.9 Å². The first-order valence-electron chi connectivity index (χ1n) is 17.4. The number of halogens is 8. The minimum absolute atomic E-state index is 0.0172. The van der Waals surface area contributed by atoms with Crippen molar-refractivity contribution in [3.63, 3.8) is 0 Å². The molecular weight excluding hydrogens is 761 g/mol. The molecular formula is C38H38Cl2F6N4O4. The average Bonchev–Trinajstić information content (AvgIpc) is 3.12. The summed E-state index contributed by atoms with van der Waals surface area (Å²) in [6, 6.07) is 12.3. The Labute approximate surface area is 318 Å². The number of nitrogens with one attached hydrogen (secondary N) is 2. The van der Waals surface area contributed by atoms with Crippen molar-refractivity contribution in [3.8, 4) is 0 Å². The second kappa shape index (κ2) is 17.4. The number of benzene rings is 3. The van der Waals surface area contributed by atoms with E-state index in [1.165, 1.54) is 46.2 Å². The standard InChI is InChI=1S/C38H38Cl2F6N4O4/c39-30-12-7-25(19-31(30)40)20-32-36(54)50(16-14-24-4-2-6-28(18-24)38(44,45)46)21-33(51)47-29-10-8-26(9-11-29)35(53)49(22-34(52)48-32)15-13-23-3-1-5-27(17-23)37(41,42)43/h1-7,12,17-19,26,29,32H,8-11,13-16,20-22H2,(H,47,51)(H,48,52)/t26?,29?,32-/m1/s1. The topological polar surface area (TPSA) is 98.8 Å². The first kappa shape index (κ1) is 40.9. The molecule has 2 heterocycles. The molecule has 1 atom stereocenters. The minimum atomic E-state index is -4.59. The van der Waals surface area contributed by atoms with Crippen LogP contribution in [0.5, 0.6) is 0 Å². The number of carbonyl (C=O) groups excluding carboxylic acids is 4. The van der Waals surface area contributed by atoms with E-state index < -0.39 is 66.3 Å². The van der Waals surface area contributed by atoms with Crippen LogP contribution >= 0.6 is 23.2 Å². The summed E-state index contributed by atoms with van der Waals surface area (Å²) in [5, 5.41) is 6.01. The highest BCUT2D eigenvalue weighted by Gasteiger charge is 2.35. The lowest BCUT2D eigenvalue weighted by atomic mass is 9.85. The molecule has 4 amide bonds. The lowest BCUT2D eigenvalue weighted by Gasteiger charge is -2.32. The van der Waals surface area contributed by atoms with Gasteiger partial charge in [-0.15, -0.1) is 0 Å². The van der Waals surface area contributed by atoms with E-state index >= 15 is 0 Å². The first-order valence-corrected chi connectivity index (χ1v) is 18.1. The van der Waals surface area contributed by atoms with Gasteiger partial charge in [-0.05, 0) is 79.5 Å². The highest BCUT2D eigenvalue weighted by atomic mass is 35.5. The molecule has 1 saturated carbocycles. The van der Waals surface area contributed by atoms with E-state index in [4.69, 9.17) is 23.2 Å². The van der Waals surface area contributed by atoms with Crippen LogP contribution in [0.3, 0.4) is 0 Å². The lowest BCUT2D eigenvalue weighted by molar-refractivity contribution is -0.142. The summed E-state index contributed by atoms with van der Waals surface area (Å²) in [6.45, 7) is -1.22. The zero-order chi connectivity index (χ0) is 39.2. The highest BCUT2D eigenvalue weighted by molar-refractivity contribution is 6.42. The van der Waals surface area contributed by atoms with E-state index in [1.807, 2.05) is 0 Å². The van der Waals surface area contributed by atoms with Crippen molar-refractivity contribution in [2.45, 2.75) is 69.4 Å². The van der Waals surface area contributed by atoms with Crippen LogP contribution < -0.4 is 10.6 Å². The fourth-order valence-corrected chi connectivity index (χ4v) is 7.12. The molecule has 3 fully saturated rings. The number of rotatable bonds is 8. The van der Waals surface area contributed by atoms with Crippen molar-refractivity contribution in [1.82, 2.24) is 20.4 Å². The van der Waals surface area contributed by atoms with E-state index in [9.17, 15) is 45.5 Å². The van der Waals surface area contributed by atoms with Crippen LogP contribution in [0.25, 0.3) is 0 Å². The summed E-state index contributed by atoms with van der Waals surface area (Å²) in [6.07, 6.45) is -7.71. The van der Waals surface area contributed by atoms with Crippen molar-refractivity contribution in [2.24, 2.45) is 5.92 Å². The van der Waals surface area contributed by atoms with Crippen LogP contribution in [0, 0.1) is 5.92 Å². The zero-order valence-electron chi connectivity index (χ0n) is 28.9. The second-order valence-corrected chi connectivity index (χ2v) is 14.4. The average molecular weight is 800 g/mol. The Morgan fingerprint density at radius 2 is 1.13 bits per heavy atom. The summed E-state index contributed by atoms with van der Waals surface area (Å²) in [5.74, 6) is -2.84. The molecule has 2 saturated heterocycles. The van der Waals surface area contributed by atoms with Crippen molar-refractivity contribution >= 4 is 46.8 Å². The molecule has 3 aliphatic rings. The second-order valence-electron chi connectivity index (χ2n) is 13.6. The Hall–Kier alpha value is -4.30. The Kier molecular flexibility index (Phi) is 13.2. The van der Waals surface area contributed by atoms with E-state index in [2.05, 4.69) is 10.6 Å². The van der Waals surface area contributed by atoms with Gasteiger partial charge in [0.2, 0.25) is 23.6 Å². The number of nitrogens with zero attached hydrogens (tertiary/aromatic N) is 2.